The van der Waals surface area contributed by atoms with E-state index in [9.17, 15) is 4.79 Å². The minimum atomic E-state index is -0.897. The second kappa shape index (κ2) is 6.13. The van der Waals surface area contributed by atoms with Gasteiger partial charge in [0.1, 0.15) is 0 Å². The molecular formula is C13H18N2O2S. The highest BCUT2D eigenvalue weighted by Crippen LogP contribution is 2.21. The molecular weight excluding hydrogens is 248 g/mol. The van der Waals surface area contributed by atoms with Crippen LogP contribution in [0.25, 0.3) is 6.08 Å². The van der Waals surface area contributed by atoms with Gasteiger partial charge in [0.15, 0.2) is 0 Å². The molecule has 4 nitrogen and oxygen atoms in total. The predicted octanol–water partition coefficient (Wildman–Crippen LogP) is 1.59. The van der Waals surface area contributed by atoms with Gasteiger partial charge in [0, 0.05) is 43.7 Å². The van der Waals surface area contributed by atoms with Gasteiger partial charge in [0.25, 0.3) is 0 Å². The molecule has 0 unspecified atom stereocenters. The van der Waals surface area contributed by atoms with Gasteiger partial charge in [-0.15, -0.1) is 11.3 Å². The summed E-state index contributed by atoms with van der Waals surface area (Å²) in [7, 11) is 2.14. The molecule has 0 amide bonds. The third-order valence-corrected chi connectivity index (χ3v) is 4.07. The van der Waals surface area contributed by atoms with Crippen molar-refractivity contribution < 1.29 is 9.90 Å². The first-order valence-electron chi connectivity index (χ1n) is 6.03. The lowest BCUT2D eigenvalue weighted by Gasteiger charge is -2.32. The second-order valence-electron chi connectivity index (χ2n) is 4.55. The van der Waals surface area contributed by atoms with Gasteiger partial charge in [-0.3, -0.25) is 4.90 Å². The van der Waals surface area contributed by atoms with E-state index in [0.717, 1.165) is 38.3 Å². The van der Waals surface area contributed by atoms with Gasteiger partial charge < -0.3 is 10.0 Å². The van der Waals surface area contributed by atoms with Crippen molar-refractivity contribution in [3.05, 3.63) is 28.0 Å². The molecule has 0 radical (unpaired) electrons. The number of carboxylic acids is 1. The zero-order valence-electron chi connectivity index (χ0n) is 10.5. The van der Waals surface area contributed by atoms with Crippen LogP contribution in [0.4, 0.5) is 0 Å². The molecule has 0 spiro atoms. The Hall–Kier alpha value is -1.17. The highest BCUT2D eigenvalue weighted by Gasteiger charge is 2.15. The van der Waals surface area contributed by atoms with Crippen LogP contribution in [0.2, 0.25) is 0 Å². The summed E-state index contributed by atoms with van der Waals surface area (Å²) in [5, 5.41) is 10.7. The van der Waals surface area contributed by atoms with Crippen LogP contribution in [0.15, 0.2) is 17.5 Å². The van der Waals surface area contributed by atoms with Gasteiger partial charge in [-0.05, 0) is 30.1 Å². The van der Waals surface area contributed by atoms with Gasteiger partial charge in [0.2, 0.25) is 0 Å². The average molecular weight is 266 g/mol. The van der Waals surface area contributed by atoms with Crippen molar-refractivity contribution in [2.45, 2.75) is 6.54 Å². The Kier molecular flexibility index (Phi) is 4.52. The Bertz CT molecular complexity index is 434. The standard InChI is InChI=1S/C13H18N2O2S/c1-14-5-7-15(8-6-14)10-12-11(4-9-18-12)2-3-13(16)17/h2-4,9H,5-8,10H2,1H3,(H,16,17). The summed E-state index contributed by atoms with van der Waals surface area (Å²) >= 11 is 1.70. The molecule has 1 aromatic heterocycles. The first kappa shape index (κ1) is 13.3. The van der Waals surface area contributed by atoms with E-state index >= 15 is 0 Å². The molecule has 1 aliphatic heterocycles. The van der Waals surface area contributed by atoms with Crippen LogP contribution in [-0.2, 0) is 11.3 Å². The lowest BCUT2D eigenvalue weighted by Crippen LogP contribution is -2.43. The number of thiophene rings is 1. The Morgan fingerprint density at radius 3 is 2.83 bits per heavy atom. The smallest absolute Gasteiger partial charge is 0.328 e. The monoisotopic (exact) mass is 266 g/mol. The van der Waals surface area contributed by atoms with Gasteiger partial charge in [-0.2, -0.15) is 0 Å². The van der Waals surface area contributed by atoms with Crippen LogP contribution in [0.5, 0.6) is 0 Å². The van der Waals surface area contributed by atoms with Crippen molar-refractivity contribution >= 4 is 23.4 Å². The molecule has 1 saturated heterocycles. The Balaban J connectivity index is 1.97. The summed E-state index contributed by atoms with van der Waals surface area (Å²) in [6.45, 7) is 5.29. The number of carbonyl (C=O) groups is 1. The van der Waals surface area contributed by atoms with Crippen molar-refractivity contribution in [2.75, 3.05) is 33.2 Å². The molecule has 0 aromatic carbocycles. The predicted molar refractivity (Wildman–Crippen MR) is 73.8 cm³/mol. The SMILES string of the molecule is CN1CCN(Cc2sccc2C=CC(=O)O)CC1. The molecule has 98 valence electrons. The molecule has 0 bridgehead atoms. The van der Waals surface area contributed by atoms with Crippen molar-refractivity contribution in [2.24, 2.45) is 0 Å². The first-order chi connectivity index (χ1) is 8.65. The first-order valence-corrected chi connectivity index (χ1v) is 6.91. The maximum Gasteiger partial charge on any atom is 0.328 e. The van der Waals surface area contributed by atoms with E-state index in [4.69, 9.17) is 5.11 Å². The molecule has 0 atom stereocenters. The Morgan fingerprint density at radius 2 is 2.17 bits per heavy atom. The highest BCUT2D eigenvalue weighted by atomic mass is 32.1. The average Bonchev–Trinajstić information content (AvgIpc) is 2.77. The van der Waals surface area contributed by atoms with Crippen LogP contribution >= 0.6 is 11.3 Å². The number of hydrogen-bond donors (Lipinski definition) is 1. The molecule has 0 saturated carbocycles. The number of carboxylic acid groups (broad SMARTS) is 1. The van der Waals surface area contributed by atoms with Crippen molar-refractivity contribution in [1.82, 2.24) is 9.80 Å². The molecule has 1 aromatic rings. The number of piperazine rings is 1. The zero-order chi connectivity index (χ0) is 13.0. The fraction of sp³-hybridized carbons (Fsp3) is 0.462. The summed E-state index contributed by atoms with van der Waals surface area (Å²) in [6.07, 6.45) is 2.89. The summed E-state index contributed by atoms with van der Waals surface area (Å²) in [6, 6.07) is 1.98. The zero-order valence-corrected chi connectivity index (χ0v) is 11.3. The van der Waals surface area contributed by atoms with E-state index in [1.54, 1.807) is 17.4 Å². The second-order valence-corrected chi connectivity index (χ2v) is 5.55. The van der Waals surface area contributed by atoms with E-state index in [2.05, 4.69) is 16.8 Å². The molecule has 2 rings (SSSR count). The minimum absolute atomic E-state index is 0.897. The summed E-state index contributed by atoms with van der Waals surface area (Å²) in [5.41, 5.74) is 1.03. The topological polar surface area (TPSA) is 43.8 Å². The Labute approximate surface area is 111 Å². The molecule has 2 heterocycles. The lowest BCUT2D eigenvalue weighted by atomic mass is 10.2. The Morgan fingerprint density at radius 1 is 1.44 bits per heavy atom. The van der Waals surface area contributed by atoms with E-state index < -0.39 is 5.97 Å². The van der Waals surface area contributed by atoms with Crippen molar-refractivity contribution in [3.63, 3.8) is 0 Å². The third-order valence-electron chi connectivity index (χ3n) is 3.15. The summed E-state index contributed by atoms with van der Waals surface area (Å²) in [5.74, 6) is -0.897. The number of aliphatic carboxylic acids is 1. The van der Waals surface area contributed by atoms with Crippen LogP contribution in [0, 0.1) is 0 Å². The third kappa shape index (κ3) is 3.66. The van der Waals surface area contributed by atoms with Gasteiger partial charge in [-0.25, -0.2) is 4.79 Å². The van der Waals surface area contributed by atoms with Gasteiger partial charge in [0.05, 0.1) is 0 Å². The number of rotatable bonds is 4. The maximum absolute atomic E-state index is 10.5. The molecule has 1 aliphatic rings. The fourth-order valence-corrected chi connectivity index (χ4v) is 2.91. The largest absolute Gasteiger partial charge is 0.478 e. The van der Waals surface area contributed by atoms with Gasteiger partial charge >= 0.3 is 5.97 Å². The molecule has 1 fully saturated rings. The summed E-state index contributed by atoms with van der Waals surface area (Å²) in [4.78, 5) is 16.5. The minimum Gasteiger partial charge on any atom is -0.478 e. The maximum atomic E-state index is 10.5. The van der Waals surface area contributed by atoms with E-state index in [-0.39, 0.29) is 0 Å². The van der Waals surface area contributed by atoms with E-state index in [1.807, 2.05) is 11.4 Å². The highest BCUT2D eigenvalue weighted by molar-refractivity contribution is 7.10. The van der Waals surface area contributed by atoms with Gasteiger partial charge in [-0.1, -0.05) is 0 Å². The lowest BCUT2D eigenvalue weighted by molar-refractivity contribution is -0.131. The normalized spacial score (nSPS) is 18.5. The number of hydrogen-bond acceptors (Lipinski definition) is 4. The van der Waals surface area contributed by atoms with E-state index in [0.29, 0.717) is 0 Å². The van der Waals surface area contributed by atoms with Crippen molar-refractivity contribution in [1.29, 1.82) is 0 Å². The number of nitrogens with zero attached hydrogens (tertiary/aromatic N) is 2. The quantitative estimate of drug-likeness (QED) is 0.841. The van der Waals surface area contributed by atoms with Crippen LogP contribution in [-0.4, -0.2) is 54.1 Å². The van der Waals surface area contributed by atoms with Crippen molar-refractivity contribution in [3.8, 4) is 0 Å². The molecule has 18 heavy (non-hydrogen) atoms. The summed E-state index contributed by atoms with van der Waals surface area (Å²) < 4.78 is 0. The molecule has 5 heteroatoms. The fourth-order valence-electron chi connectivity index (χ4n) is 2.00. The van der Waals surface area contributed by atoms with Crippen LogP contribution in [0.3, 0.4) is 0 Å². The van der Waals surface area contributed by atoms with E-state index in [1.165, 1.54) is 11.0 Å². The van der Waals surface area contributed by atoms with Crippen LogP contribution < -0.4 is 0 Å². The molecule has 0 aliphatic carbocycles. The van der Waals surface area contributed by atoms with Crippen LogP contribution in [0.1, 0.15) is 10.4 Å². The number of likely N-dealkylation sites (N-methyl/N-ethyl adjacent to an activating group) is 1. The molecule has 1 N–H and O–H groups in total.